The van der Waals surface area contributed by atoms with E-state index in [2.05, 4.69) is 21.2 Å². The largest absolute Gasteiger partial charge is 0.494 e. The lowest BCUT2D eigenvalue weighted by Crippen LogP contribution is -2.46. The minimum absolute atomic E-state index is 0.283. The molecule has 23 heavy (non-hydrogen) atoms. The predicted molar refractivity (Wildman–Crippen MR) is 89.1 cm³/mol. The van der Waals surface area contributed by atoms with Crippen LogP contribution in [-0.4, -0.2) is 37.7 Å². The number of carbonyl (C=O) groups excluding carboxylic acids is 2. The number of allylic oxidation sites excluding steroid dienone is 1. The Labute approximate surface area is 143 Å². The Morgan fingerprint density at radius 3 is 2.74 bits per heavy atom. The van der Waals surface area contributed by atoms with Gasteiger partial charge in [0.2, 0.25) is 0 Å². The Hall–Kier alpha value is -2.02. The van der Waals surface area contributed by atoms with Crippen LogP contribution in [0.15, 0.2) is 33.9 Å². The van der Waals surface area contributed by atoms with Crippen molar-refractivity contribution in [1.29, 1.82) is 0 Å². The summed E-state index contributed by atoms with van der Waals surface area (Å²) in [5.74, 6) is 0.189. The maximum Gasteiger partial charge on any atom is 0.337 e. The van der Waals surface area contributed by atoms with Gasteiger partial charge in [0.05, 0.1) is 25.3 Å². The van der Waals surface area contributed by atoms with Crippen LogP contribution in [0.5, 0.6) is 5.75 Å². The first-order valence-electron chi connectivity index (χ1n) is 7.16. The van der Waals surface area contributed by atoms with Crippen molar-refractivity contribution in [3.63, 3.8) is 0 Å². The first-order chi connectivity index (χ1) is 10.9. The normalized spacial score (nSPS) is 17.9. The molecule has 1 aliphatic rings. The van der Waals surface area contributed by atoms with Crippen LogP contribution in [0.1, 0.15) is 25.5 Å². The van der Waals surface area contributed by atoms with Gasteiger partial charge >= 0.3 is 12.0 Å². The fourth-order valence-corrected chi connectivity index (χ4v) is 2.92. The number of methoxy groups -OCH3 is 1. The van der Waals surface area contributed by atoms with Crippen molar-refractivity contribution in [3.05, 3.63) is 39.5 Å². The zero-order valence-corrected chi connectivity index (χ0v) is 15.1. The second-order valence-electron chi connectivity index (χ2n) is 5.05. The third-order valence-corrected chi connectivity index (χ3v) is 4.47. The second kappa shape index (κ2) is 7.04. The summed E-state index contributed by atoms with van der Waals surface area (Å²) >= 11 is 3.48. The number of rotatable bonds is 4. The van der Waals surface area contributed by atoms with Crippen LogP contribution in [0.4, 0.5) is 4.79 Å². The summed E-state index contributed by atoms with van der Waals surface area (Å²) in [5, 5.41) is 2.83. The molecule has 0 aromatic heterocycles. The molecule has 1 aliphatic heterocycles. The molecule has 0 aliphatic carbocycles. The molecule has 2 amide bonds. The lowest BCUT2D eigenvalue weighted by atomic mass is 9.95. The van der Waals surface area contributed by atoms with Gasteiger partial charge in [-0.1, -0.05) is 15.9 Å². The van der Waals surface area contributed by atoms with E-state index in [9.17, 15) is 9.59 Å². The molecule has 0 spiro atoms. The zero-order valence-electron chi connectivity index (χ0n) is 13.5. The zero-order chi connectivity index (χ0) is 17.1. The quantitative estimate of drug-likeness (QED) is 0.812. The van der Waals surface area contributed by atoms with Gasteiger partial charge in [0.1, 0.15) is 5.75 Å². The van der Waals surface area contributed by atoms with Gasteiger partial charge in [-0.25, -0.2) is 9.59 Å². The maximum atomic E-state index is 12.2. The van der Waals surface area contributed by atoms with E-state index in [1.54, 1.807) is 20.0 Å². The molecular formula is C16H19BrN2O4. The smallest absolute Gasteiger partial charge is 0.337 e. The van der Waals surface area contributed by atoms with Crippen molar-refractivity contribution < 1.29 is 19.1 Å². The Balaban J connectivity index is 2.57. The van der Waals surface area contributed by atoms with Crippen molar-refractivity contribution in [2.45, 2.75) is 19.9 Å². The lowest BCUT2D eigenvalue weighted by Gasteiger charge is -2.33. The highest BCUT2D eigenvalue weighted by molar-refractivity contribution is 9.10. The number of amides is 2. The monoisotopic (exact) mass is 382 g/mol. The highest BCUT2D eigenvalue weighted by atomic mass is 79.9. The summed E-state index contributed by atoms with van der Waals surface area (Å²) in [6.45, 7) is 4.14. The number of nitrogens with one attached hydrogen (secondary N) is 1. The molecule has 1 heterocycles. The van der Waals surface area contributed by atoms with E-state index in [-0.39, 0.29) is 6.03 Å². The summed E-state index contributed by atoms with van der Waals surface area (Å²) in [6.07, 6.45) is 0. The molecule has 6 nitrogen and oxygen atoms in total. The number of hydrogen-bond acceptors (Lipinski definition) is 4. The average Bonchev–Trinajstić information content (AvgIpc) is 2.53. The molecule has 0 bridgehead atoms. The Morgan fingerprint density at radius 1 is 1.43 bits per heavy atom. The van der Waals surface area contributed by atoms with Crippen LogP contribution in [-0.2, 0) is 9.53 Å². The molecule has 0 saturated carbocycles. The molecule has 0 fully saturated rings. The van der Waals surface area contributed by atoms with E-state index in [1.807, 2.05) is 19.1 Å². The molecule has 0 unspecified atom stereocenters. The molecule has 124 valence electrons. The van der Waals surface area contributed by atoms with Crippen molar-refractivity contribution >= 4 is 27.9 Å². The van der Waals surface area contributed by atoms with Crippen LogP contribution in [0.3, 0.4) is 0 Å². The van der Waals surface area contributed by atoms with Crippen LogP contribution in [0.25, 0.3) is 0 Å². The minimum atomic E-state index is -0.610. The van der Waals surface area contributed by atoms with Crippen molar-refractivity contribution in [1.82, 2.24) is 10.2 Å². The molecule has 1 aromatic carbocycles. The average molecular weight is 383 g/mol. The highest BCUT2D eigenvalue weighted by Crippen LogP contribution is 2.36. The van der Waals surface area contributed by atoms with Gasteiger partial charge in [-0.05, 0) is 37.6 Å². The van der Waals surface area contributed by atoms with Crippen LogP contribution in [0.2, 0.25) is 0 Å². The van der Waals surface area contributed by atoms with Crippen LogP contribution in [0, 0.1) is 0 Å². The number of esters is 1. The number of benzene rings is 1. The number of hydrogen-bond donors (Lipinski definition) is 1. The number of nitrogens with zero attached hydrogens (tertiary/aromatic N) is 1. The molecule has 0 radical (unpaired) electrons. The summed E-state index contributed by atoms with van der Waals surface area (Å²) in [7, 11) is 2.93. The number of urea groups is 1. The third-order valence-electron chi connectivity index (χ3n) is 3.75. The fraction of sp³-hybridized carbons (Fsp3) is 0.375. The van der Waals surface area contributed by atoms with E-state index < -0.39 is 12.0 Å². The third kappa shape index (κ3) is 3.34. The lowest BCUT2D eigenvalue weighted by molar-refractivity contribution is -0.136. The first-order valence-corrected chi connectivity index (χ1v) is 7.95. The molecule has 1 aromatic rings. The summed E-state index contributed by atoms with van der Waals surface area (Å²) in [6, 6.07) is 4.56. The predicted octanol–water partition coefficient (Wildman–Crippen LogP) is 2.99. The summed E-state index contributed by atoms with van der Waals surface area (Å²) in [4.78, 5) is 25.8. The second-order valence-corrected chi connectivity index (χ2v) is 5.90. The number of carbonyl (C=O) groups is 2. The van der Waals surface area contributed by atoms with Gasteiger partial charge < -0.3 is 19.7 Å². The van der Waals surface area contributed by atoms with Gasteiger partial charge in [0.25, 0.3) is 0 Å². The summed E-state index contributed by atoms with van der Waals surface area (Å²) in [5.41, 5.74) is 1.68. The standard InChI is InChI=1S/C16H19BrN2O4/c1-5-23-10-6-7-12(17)11(8-10)14-13(15(20)22-4)9(2)19(3)16(21)18-14/h6-8,14H,5H2,1-4H3,(H,18,21)/t14-/m1/s1. The summed E-state index contributed by atoms with van der Waals surface area (Å²) < 4.78 is 11.2. The van der Waals surface area contributed by atoms with E-state index >= 15 is 0 Å². The Morgan fingerprint density at radius 2 is 2.13 bits per heavy atom. The maximum absolute atomic E-state index is 12.2. The molecule has 7 heteroatoms. The van der Waals surface area contributed by atoms with Gasteiger partial charge in [0.15, 0.2) is 0 Å². The van der Waals surface area contributed by atoms with Gasteiger partial charge in [-0.3, -0.25) is 0 Å². The molecule has 1 atom stereocenters. The SMILES string of the molecule is CCOc1ccc(Br)c([C@H]2NC(=O)N(C)C(C)=C2C(=O)OC)c1. The highest BCUT2D eigenvalue weighted by Gasteiger charge is 2.35. The van der Waals surface area contributed by atoms with E-state index in [4.69, 9.17) is 9.47 Å². The number of halogens is 1. The molecule has 0 saturated heterocycles. The van der Waals surface area contributed by atoms with Gasteiger partial charge in [-0.15, -0.1) is 0 Å². The Bertz CT molecular complexity index is 672. The topological polar surface area (TPSA) is 67.9 Å². The van der Waals surface area contributed by atoms with Crippen LogP contribution >= 0.6 is 15.9 Å². The molecule has 2 rings (SSSR count). The molecule has 1 N–H and O–H groups in total. The number of ether oxygens (including phenoxy) is 2. The van der Waals surface area contributed by atoms with Crippen molar-refractivity contribution in [3.8, 4) is 5.75 Å². The van der Waals surface area contributed by atoms with Crippen molar-refractivity contribution in [2.24, 2.45) is 0 Å². The van der Waals surface area contributed by atoms with E-state index in [0.29, 0.717) is 23.6 Å². The first kappa shape index (κ1) is 17.3. The van der Waals surface area contributed by atoms with Gasteiger partial charge in [0, 0.05) is 17.2 Å². The van der Waals surface area contributed by atoms with E-state index in [0.717, 1.165) is 10.0 Å². The van der Waals surface area contributed by atoms with Crippen molar-refractivity contribution in [2.75, 3.05) is 20.8 Å². The van der Waals surface area contributed by atoms with E-state index in [1.165, 1.54) is 12.0 Å². The Kier molecular flexibility index (Phi) is 5.30. The minimum Gasteiger partial charge on any atom is -0.494 e. The van der Waals surface area contributed by atoms with Gasteiger partial charge in [-0.2, -0.15) is 0 Å². The van der Waals surface area contributed by atoms with Crippen LogP contribution < -0.4 is 10.1 Å². The molecular weight excluding hydrogens is 364 g/mol. The fourth-order valence-electron chi connectivity index (χ4n) is 2.44.